The first kappa shape index (κ1) is 32.0. The van der Waals surface area contributed by atoms with Gasteiger partial charge in [-0.1, -0.05) is 20.8 Å². The summed E-state index contributed by atoms with van der Waals surface area (Å²) in [6, 6.07) is 5.61. The summed E-state index contributed by atoms with van der Waals surface area (Å²) in [5, 5.41) is 8.21. The molecule has 11 heteroatoms. The predicted molar refractivity (Wildman–Crippen MR) is 167 cm³/mol. The Bertz CT molecular complexity index is 1420. The van der Waals surface area contributed by atoms with Gasteiger partial charge in [-0.15, -0.1) is 0 Å². The Hall–Kier alpha value is -3.89. The lowest BCUT2D eigenvalue weighted by Crippen LogP contribution is -2.46. The Kier molecular flexibility index (Phi) is 9.22. The number of pyridine rings is 1. The summed E-state index contributed by atoms with van der Waals surface area (Å²) in [6.45, 7) is 19.8. The highest BCUT2D eigenvalue weighted by Crippen LogP contribution is 2.33. The number of hydrogen-bond donors (Lipinski definition) is 1. The molecule has 1 saturated heterocycles. The monoisotopic (exact) mass is 593 g/mol. The molecule has 3 aromatic rings. The molecule has 0 aromatic carbocycles. The van der Waals surface area contributed by atoms with Gasteiger partial charge in [0.05, 0.1) is 12.7 Å². The van der Waals surface area contributed by atoms with E-state index in [1.54, 1.807) is 26.7 Å². The van der Waals surface area contributed by atoms with Crippen molar-refractivity contribution in [3.8, 4) is 0 Å². The van der Waals surface area contributed by atoms with Crippen LogP contribution < -0.4 is 10.2 Å². The van der Waals surface area contributed by atoms with Crippen LogP contribution in [0.4, 0.5) is 21.2 Å². The van der Waals surface area contributed by atoms with Gasteiger partial charge >= 0.3 is 12.2 Å². The SMILES string of the molecule is CC(C)c1cnn2c(N(Cc3ccncc3)C(=O)OC(C)(C)C)cc(NCC3(C)CCN(C(=O)OC(C)(C)C)CC3)nc12. The molecule has 3 aromatic heterocycles. The number of nitrogens with zero attached hydrogens (tertiary/aromatic N) is 6. The van der Waals surface area contributed by atoms with E-state index in [0.29, 0.717) is 36.9 Å². The average molecular weight is 594 g/mol. The number of carbonyl (C=O) groups excluding carboxylic acids is 2. The molecule has 0 bridgehead atoms. The van der Waals surface area contributed by atoms with Gasteiger partial charge in [0.2, 0.25) is 0 Å². The second-order valence-corrected chi connectivity index (χ2v) is 14.0. The first-order valence-electron chi connectivity index (χ1n) is 15.0. The lowest BCUT2D eigenvalue weighted by molar-refractivity contribution is 0.0130. The van der Waals surface area contributed by atoms with Crippen molar-refractivity contribution in [2.45, 2.75) is 98.8 Å². The number of carbonyl (C=O) groups is 2. The van der Waals surface area contributed by atoms with E-state index in [4.69, 9.17) is 14.5 Å². The number of fused-ring (bicyclic) bond motifs is 1. The van der Waals surface area contributed by atoms with E-state index in [1.807, 2.05) is 65.9 Å². The predicted octanol–water partition coefficient (Wildman–Crippen LogP) is 6.64. The fraction of sp³-hybridized carbons (Fsp3) is 0.594. The molecule has 0 spiro atoms. The van der Waals surface area contributed by atoms with Crippen LogP contribution in [0.25, 0.3) is 5.65 Å². The Morgan fingerprint density at radius 3 is 2.26 bits per heavy atom. The molecule has 1 fully saturated rings. The average Bonchev–Trinajstić information content (AvgIpc) is 3.34. The molecular weight excluding hydrogens is 546 g/mol. The molecule has 11 nitrogen and oxygen atoms in total. The molecule has 1 aliphatic heterocycles. The van der Waals surface area contributed by atoms with Gasteiger partial charge in [-0.25, -0.2) is 14.6 Å². The Morgan fingerprint density at radius 1 is 1.05 bits per heavy atom. The number of amides is 2. The zero-order chi connectivity index (χ0) is 31.6. The van der Waals surface area contributed by atoms with Crippen molar-refractivity contribution in [2.75, 3.05) is 29.9 Å². The molecule has 2 amide bonds. The summed E-state index contributed by atoms with van der Waals surface area (Å²) in [4.78, 5) is 38.7. The molecule has 0 aliphatic carbocycles. The number of anilines is 2. The standard InChI is InChI=1S/C32H47N7O4/c1-22(2)24-19-35-39-26(38(29(41)43-31(6,7)8)20-23-10-14-33-15-11-23)18-25(36-27(24)39)34-21-32(9)12-16-37(17-13-32)28(40)42-30(3,4)5/h10-11,14-15,18-19,22H,12-13,16-17,20-21H2,1-9H3,(H,34,36). The molecule has 1 N–H and O–H groups in total. The van der Waals surface area contributed by atoms with Crippen LogP contribution in [0.2, 0.25) is 0 Å². The summed E-state index contributed by atoms with van der Waals surface area (Å²) in [7, 11) is 0. The van der Waals surface area contributed by atoms with Gasteiger partial charge in [0.25, 0.3) is 0 Å². The smallest absolute Gasteiger partial charge is 0.416 e. The van der Waals surface area contributed by atoms with Crippen LogP contribution >= 0.6 is 0 Å². The van der Waals surface area contributed by atoms with Crippen LogP contribution in [-0.4, -0.2) is 67.5 Å². The molecule has 0 unspecified atom stereocenters. The van der Waals surface area contributed by atoms with Gasteiger partial charge in [0, 0.05) is 43.7 Å². The van der Waals surface area contributed by atoms with E-state index < -0.39 is 17.3 Å². The van der Waals surface area contributed by atoms with Crippen LogP contribution in [0.1, 0.15) is 92.2 Å². The summed E-state index contributed by atoms with van der Waals surface area (Å²) < 4.78 is 13.1. The largest absolute Gasteiger partial charge is 0.444 e. The number of hydrogen-bond acceptors (Lipinski definition) is 8. The lowest BCUT2D eigenvalue weighted by Gasteiger charge is -2.40. The topological polar surface area (TPSA) is 114 Å². The normalized spacial score (nSPS) is 15.4. The van der Waals surface area contributed by atoms with Crippen LogP contribution in [0.3, 0.4) is 0 Å². The van der Waals surface area contributed by atoms with Crippen molar-refractivity contribution in [2.24, 2.45) is 5.41 Å². The fourth-order valence-corrected chi connectivity index (χ4v) is 4.92. The van der Waals surface area contributed by atoms with Crippen molar-refractivity contribution in [3.05, 3.63) is 47.9 Å². The van der Waals surface area contributed by atoms with Crippen LogP contribution in [0.15, 0.2) is 36.8 Å². The van der Waals surface area contributed by atoms with Crippen LogP contribution in [0, 0.1) is 5.41 Å². The molecule has 0 atom stereocenters. The van der Waals surface area contributed by atoms with Crippen LogP contribution in [0.5, 0.6) is 0 Å². The molecule has 43 heavy (non-hydrogen) atoms. The van der Waals surface area contributed by atoms with Gasteiger partial charge in [0.15, 0.2) is 5.65 Å². The summed E-state index contributed by atoms with van der Waals surface area (Å²) in [6.07, 6.45) is 6.13. The molecule has 4 rings (SSSR count). The first-order chi connectivity index (χ1) is 20.0. The summed E-state index contributed by atoms with van der Waals surface area (Å²) >= 11 is 0. The van der Waals surface area contributed by atoms with E-state index in [2.05, 4.69) is 36.2 Å². The van der Waals surface area contributed by atoms with Crippen molar-refractivity contribution < 1.29 is 19.1 Å². The van der Waals surface area contributed by atoms with Gasteiger partial charge in [-0.2, -0.15) is 9.61 Å². The number of ether oxygens (including phenoxy) is 2. The maximum Gasteiger partial charge on any atom is 0.416 e. The number of likely N-dealkylation sites (tertiary alicyclic amines) is 1. The zero-order valence-electron chi connectivity index (χ0n) is 27.1. The van der Waals surface area contributed by atoms with Crippen LogP contribution in [-0.2, 0) is 16.0 Å². The third-order valence-electron chi connectivity index (χ3n) is 7.40. The van der Waals surface area contributed by atoms with Gasteiger partial charge in [-0.3, -0.25) is 9.88 Å². The number of piperidine rings is 1. The Morgan fingerprint density at radius 2 is 1.67 bits per heavy atom. The minimum atomic E-state index is -0.684. The number of aromatic nitrogens is 4. The first-order valence-corrected chi connectivity index (χ1v) is 15.0. The van der Waals surface area contributed by atoms with E-state index in [0.717, 1.165) is 24.0 Å². The maximum atomic E-state index is 13.7. The van der Waals surface area contributed by atoms with Crippen molar-refractivity contribution in [3.63, 3.8) is 0 Å². The quantitative estimate of drug-likeness (QED) is 0.324. The van der Waals surface area contributed by atoms with Gasteiger partial charge < -0.3 is 19.7 Å². The Labute approximate surface area is 255 Å². The highest BCUT2D eigenvalue weighted by Gasteiger charge is 2.34. The number of rotatable bonds is 7. The van der Waals surface area contributed by atoms with E-state index >= 15 is 0 Å². The van der Waals surface area contributed by atoms with Crippen molar-refractivity contribution in [1.82, 2.24) is 24.5 Å². The summed E-state index contributed by atoms with van der Waals surface area (Å²) in [5.41, 5.74) is 1.31. The molecule has 0 saturated carbocycles. The highest BCUT2D eigenvalue weighted by atomic mass is 16.6. The van der Waals surface area contributed by atoms with E-state index in [9.17, 15) is 9.59 Å². The van der Waals surface area contributed by atoms with Gasteiger partial charge in [0.1, 0.15) is 22.8 Å². The number of nitrogens with one attached hydrogen (secondary N) is 1. The van der Waals surface area contributed by atoms with Crippen molar-refractivity contribution in [1.29, 1.82) is 0 Å². The maximum absolute atomic E-state index is 13.7. The second kappa shape index (κ2) is 12.4. The molecule has 1 aliphatic rings. The third-order valence-corrected chi connectivity index (χ3v) is 7.40. The van der Waals surface area contributed by atoms with Crippen molar-refractivity contribution >= 4 is 29.5 Å². The molecule has 4 heterocycles. The van der Waals surface area contributed by atoms with E-state index in [1.165, 1.54) is 0 Å². The summed E-state index contributed by atoms with van der Waals surface area (Å²) in [5.74, 6) is 1.37. The fourth-order valence-electron chi connectivity index (χ4n) is 4.92. The Balaban J connectivity index is 1.63. The lowest BCUT2D eigenvalue weighted by atomic mass is 9.80. The minimum Gasteiger partial charge on any atom is -0.444 e. The third kappa shape index (κ3) is 8.36. The second-order valence-electron chi connectivity index (χ2n) is 14.0. The van der Waals surface area contributed by atoms with Gasteiger partial charge in [-0.05, 0) is 83.4 Å². The highest BCUT2D eigenvalue weighted by molar-refractivity contribution is 5.88. The molecule has 234 valence electrons. The molecular formula is C32H47N7O4. The zero-order valence-corrected chi connectivity index (χ0v) is 27.1. The van der Waals surface area contributed by atoms with E-state index in [-0.39, 0.29) is 24.0 Å². The minimum absolute atomic E-state index is 0.0600. The molecule has 0 radical (unpaired) electrons.